The SMILES string of the molecule is CC(C)C(=O)/C(C=N)=C(/O)C(C)C. The van der Waals surface area contributed by atoms with Crippen molar-refractivity contribution >= 4 is 12.0 Å². The van der Waals surface area contributed by atoms with Gasteiger partial charge >= 0.3 is 0 Å². The van der Waals surface area contributed by atoms with E-state index >= 15 is 0 Å². The molecule has 0 saturated carbocycles. The molecule has 0 amide bonds. The van der Waals surface area contributed by atoms with Crippen molar-refractivity contribution in [2.75, 3.05) is 0 Å². The molecule has 0 bridgehead atoms. The number of Topliss-reactive ketones (excluding diaryl/α,β-unsaturated/α-hetero) is 1. The van der Waals surface area contributed by atoms with Gasteiger partial charge in [0.2, 0.25) is 0 Å². The van der Waals surface area contributed by atoms with E-state index in [1.165, 1.54) is 0 Å². The number of carbonyl (C=O) groups is 1. The molecule has 0 atom stereocenters. The average Bonchev–Trinajstić information content (AvgIpc) is 2.04. The molecular formula is C10H17NO2. The van der Waals surface area contributed by atoms with Crippen molar-refractivity contribution in [2.45, 2.75) is 27.7 Å². The molecule has 74 valence electrons. The molecule has 0 rings (SSSR count). The zero-order valence-corrected chi connectivity index (χ0v) is 8.59. The van der Waals surface area contributed by atoms with E-state index < -0.39 is 0 Å². The van der Waals surface area contributed by atoms with Crippen molar-refractivity contribution in [1.82, 2.24) is 0 Å². The smallest absolute Gasteiger partial charge is 0.170 e. The normalized spacial score (nSPS) is 13.1. The van der Waals surface area contributed by atoms with E-state index in [2.05, 4.69) is 0 Å². The Bertz CT molecular complexity index is 239. The molecule has 0 aromatic heterocycles. The topological polar surface area (TPSA) is 61.2 Å². The highest BCUT2D eigenvalue weighted by Gasteiger charge is 2.17. The van der Waals surface area contributed by atoms with Crippen molar-refractivity contribution in [3.05, 3.63) is 11.3 Å². The second-order valence-corrected chi connectivity index (χ2v) is 3.62. The number of allylic oxidation sites excluding steroid dienone is 2. The Morgan fingerprint density at radius 1 is 1.23 bits per heavy atom. The van der Waals surface area contributed by atoms with Crippen LogP contribution in [0.4, 0.5) is 0 Å². The van der Waals surface area contributed by atoms with Crippen molar-refractivity contribution < 1.29 is 9.90 Å². The van der Waals surface area contributed by atoms with Crippen LogP contribution in [0.3, 0.4) is 0 Å². The first-order valence-electron chi connectivity index (χ1n) is 4.39. The third-order valence-electron chi connectivity index (χ3n) is 1.76. The molecule has 0 radical (unpaired) electrons. The molecule has 2 N–H and O–H groups in total. The van der Waals surface area contributed by atoms with Crippen molar-refractivity contribution in [3.8, 4) is 0 Å². The molecule has 3 nitrogen and oxygen atoms in total. The van der Waals surface area contributed by atoms with Crippen LogP contribution < -0.4 is 0 Å². The van der Waals surface area contributed by atoms with Gasteiger partial charge in [0.05, 0.1) is 5.57 Å². The molecule has 0 aliphatic rings. The first-order valence-corrected chi connectivity index (χ1v) is 4.39. The molecule has 0 spiro atoms. The van der Waals surface area contributed by atoms with Crippen molar-refractivity contribution in [2.24, 2.45) is 11.8 Å². The Hall–Kier alpha value is -1.12. The number of carbonyl (C=O) groups excluding carboxylic acids is 1. The van der Waals surface area contributed by atoms with Crippen LogP contribution in [0.5, 0.6) is 0 Å². The summed E-state index contributed by atoms with van der Waals surface area (Å²) in [6.45, 7) is 7.07. The summed E-state index contributed by atoms with van der Waals surface area (Å²) < 4.78 is 0. The van der Waals surface area contributed by atoms with Gasteiger partial charge in [-0.05, 0) is 0 Å². The standard InChI is InChI=1S/C10H17NO2/c1-6(2)9(12)8(5-11)10(13)7(3)4/h5-7,11-12H,1-4H3/b9-8+,11-5?. The second kappa shape index (κ2) is 4.80. The van der Waals surface area contributed by atoms with Gasteiger partial charge in [0, 0.05) is 18.1 Å². The second-order valence-electron chi connectivity index (χ2n) is 3.62. The van der Waals surface area contributed by atoms with Gasteiger partial charge in [-0.2, -0.15) is 0 Å². The maximum Gasteiger partial charge on any atom is 0.170 e. The van der Waals surface area contributed by atoms with E-state index in [0.29, 0.717) is 0 Å². The highest BCUT2D eigenvalue weighted by Crippen LogP contribution is 2.14. The van der Waals surface area contributed by atoms with Crippen LogP contribution in [0.25, 0.3) is 0 Å². The number of hydrogen-bond acceptors (Lipinski definition) is 3. The van der Waals surface area contributed by atoms with Crippen molar-refractivity contribution in [1.29, 1.82) is 5.41 Å². The predicted octanol–water partition coefficient (Wildman–Crippen LogP) is 2.33. The van der Waals surface area contributed by atoms with Crippen LogP contribution >= 0.6 is 0 Å². The number of nitrogens with one attached hydrogen (secondary N) is 1. The Labute approximate surface area is 79.0 Å². The molecule has 0 fully saturated rings. The summed E-state index contributed by atoms with van der Waals surface area (Å²) in [5.41, 5.74) is 0.130. The summed E-state index contributed by atoms with van der Waals surface area (Å²) in [5, 5.41) is 16.6. The van der Waals surface area contributed by atoms with Gasteiger partial charge in [-0.1, -0.05) is 27.7 Å². The van der Waals surface area contributed by atoms with Gasteiger partial charge in [0.25, 0.3) is 0 Å². The van der Waals surface area contributed by atoms with Crippen LogP contribution in [0, 0.1) is 17.2 Å². The largest absolute Gasteiger partial charge is 0.511 e. The third-order valence-corrected chi connectivity index (χ3v) is 1.76. The maximum atomic E-state index is 11.5. The first kappa shape index (κ1) is 11.9. The van der Waals surface area contributed by atoms with Crippen LogP contribution in [-0.4, -0.2) is 17.1 Å². The number of hydrogen-bond donors (Lipinski definition) is 2. The Morgan fingerprint density at radius 2 is 1.69 bits per heavy atom. The number of rotatable bonds is 4. The minimum Gasteiger partial charge on any atom is -0.511 e. The molecule has 0 saturated heterocycles. The lowest BCUT2D eigenvalue weighted by Gasteiger charge is -2.10. The van der Waals surface area contributed by atoms with Gasteiger partial charge in [0.15, 0.2) is 5.78 Å². The predicted molar refractivity (Wildman–Crippen MR) is 53.1 cm³/mol. The average molecular weight is 183 g/mol. The van der Waals surface area contributed by atoms with E-state index in [1.54, 1.807) is 27.7 Å². The maximum absolute atomic E-state index is 11.5. The first-order chi connectivity index (χ1) is 5.91. The lowest BCUT2D eigenvalue weighted by Crippen LogP contribution is -2.15. The third kappa shape index (κ3) is 3.01. The van der Waals surface area contributed by atoms with Crippen LogP contribution in [-0.2, 0) is 4.79 Å². The zero-order chi connectivity index (χ0) is 10.6. The minimum absolute atomic E-state index is 0.00806. The lowest BCUT2D eigenvalue weighted by atomic mass is 9.97. The van der Waals surface area contributed by atoms with Gasteiger partial charge in [0.1, 0.15) is 5.76 Å². The van der Waals surface area contributed by atoms with Crippen LogP contribution in [0.2, 0.25) is 0 Å². The molecule has 0 aliphatic carbocycles. The lowest BCUT2D eigenvalue weighted by molar-refractivity contribution is -0.117. The molecule has 0 aromatic rings. The molecule has 0 unspecified atom stereocenters. The quantitative estimate of drug-likeness (QED) is 0.399. The summed E-state index contributed by atoms with van der Waals surface area (Å²) >= 11 is 0. The summed E-state index contributed by atoms with van der Waals surface area (Å²) in [4.78, 5) is 11.5. The molecule has 3 heteroatoms. The summed E-state index contributed by atoms with van der Waals surface area (Å²) in [7, 11) is 0. The number of aliphatic hydroxyl groups is 1. The van der Waals surface area contributed by atoms with Gasteiger partial charge in [-0.25, -0.2) is 0 Å². The summed E-state index contributed by atoms with van der Waals surface area (Å²) in [6, 6.07) is 0. The molecule has 0 aliphatic heterocycles. The minimum atomic E-state index is -0.183. The zero-order valence-electron chi connectivity index (χ0n) is 8.59. The number of aliphatic hydroxyl groups excluding tert-OH is 1. The summed E-state index contributed by atoms with van der Waals surface area (Å²) in [6.07, 6.45) is 0.928. The van der Waals surface area contributed by atoms with E-state index in [1.807, 2.05) is 0 Å². The Kier molecular flexibility index (Phi) is 4.38. The summed E-state index contributed by atoms with van der Waals surface area (Å²) in [5.74, 6) is -0.466. The highest BCUT2D eigenvalue weighted by molar-refractivity contribution is 6.13. The van der Waals surface area contributed by atoms with E-state index in [4.69, 9.17) is 5.41 Å². The molecule has 0 aromatic carbocycles. The Morgan fingerprint density at radius 3 is 1.92 bits per heavy atom. The van der Waals surface area contributed by atoms with E-state index in [0.717, 1.165) is 6.21 Å². The molecule has 0 heterocycles. The highest BCUT2D eigenvalue weighted by atomic mass is 16.3. The van der Waals surface area contributed by atoms with Crippen LogP contribution in [0.1, 0.15) is 27.7 Å². The molecule has 13 heavy (non-hydrogen) atoms. The fourth-order valence-electron chi connectivity index (χ4n) is 0.893. The van der Waals surface area contributed by atoms with Gasteiger partial charge < -0.3 is 10.5 Å². The molecular weight excluding hydrogens is 166 g/mol. The fraction of sp³-hybridized carbons (Fsp3) is 0.600. The van der Waals surface area contributed by atoms with Crippen molar-refractivity contribution in [3.63, 3.8) is 0 Å². The van der Waals surface area contributed by atoms with Gasteiger partial charge in [-0.15, -0.1) is 0 Å². The number of ketones is 1. The fourth-order valence-corrected chi connectivity index (χ4v) is 0.893. The Balaban J connectivity index is 4.99. The van der Waals surface area contributed by atoms with Crippen LogP contribution in [0.15, 0.2) is 11.3 Å². The van der Waals surface area contributed by atoms with E-state index in [9.17, 15) is 9.90 Å². The monoisotopic (exact) mass is 183 g/mol. The van der Waals surface area contributed by atoms with E-state index in [-0.39, 0.29) is 29.0 Å². The van der Waals surface area contributed by atoms with Gasteiger partial charge in [-0.3, -0.25) is 4.79 Å².